The lowest BCUT2D eigenvalue weighted by Gasteiger charge is -2.21. The molecule has 1 unspecified atom stereocenters. The summed E-state index contributed by atoms with van der Waals surface area (Å²) in [6.45, 7) is 4.22. The van der Waals surface area contributed by atoms with Crippen LogP contribution in [0.15, 0.2) is 53.0 Å². The highest BCUT2D eigenvalue weighted by Gasteiger charge is 2.10. The maximum atomic E-state index is 10.1. The van der Waals surface area contributed by atoms with Gasteiger partial charge in [0.2, 0.25) is 0 Å². The highest BCUT2D eigenvalue weighted by atomic mass is 79.9. The molecule has 0 saturated carbocycles. The van der Waals surface area contributed by atoms with Crippen LogP contribution in [0, 0.1) is 0 Å². The second-order valence-corrected chi connectivity index (χ2v) is 6.61. The molecule has 0 aromatic heterocycles. The topological polar surface area (TPSA) is 41.9 Å². The standard InChI is InChI=1S/C19H24BrNO3/c1-3-23-18-9-7-15(8-10-18)12-21(2)13-17(22)14-24-19-6-4-5-16(20)11-19/h4-11,17,22H,3,12-14H2,1-2H3. The first kappa shape index (κ1) is 18.8. The van der Waals surface area contributed by atoms with Crippen LogP contribution < -0.4 is 9.47 Å². The van der Waals surface area contributed by atoms with Gasteiger partial charge in [-0.25, -0.2) is 0 Å². The molecule has 0 heterocycles. The molecule has 0 radical (unpaired) electrons. The Morgan fingerprint density at radius 2 is 1.83 bits per heavy atom. The van der Waals surface area contributed by atoms with Gasteiger partial charge in [0.05, 0.1) is 6.61 Å². The molecule has 1 atom stereocenters. The molecule has 2 aromatic carbocycles. The smallest absolute Gasteiger partial charge is 0.120 e. The minimum Gasteiger partial charge on any atom is -0.494 e. The van der Waals surface area contributed by atoms with Crippen molar-refractivity contribution in [3.63, 3.8) is 0 Å². The van der Waals surface area contributed by atoms with Crippen molar-refractivity contribution >= 4 is 15.9 Å². The van der Waals surface area contributed by atoms with Crippen molar-refractivity contribution in [3.05, 3.63) is 58.6 Å². The average Bonchev–Trinajstić information content (AvgIpc) is 2.55. The Morgan fingerprint density at radius 1 is 1.08 bits per heavy atom. The van der Waals surface area contributed by atoms with Crippen LogP contribution in [-0.2, 0) is 6.54 Å². The van der Waals surface area contributed by atoms with Gasteiger partial charge >= 0.3 is 0 Å². The predicted octanol–water partition coefficient (Wildman–Crippen LogP) is 3.72. The van der Waals surface area contributed by atoms with E-state index < -0.39 is 6.10 Å². The van der Waals surface area contributed by atoms with Gasteiger partial charge in [0.15, 0.2) is 0 Å². The van der Waals surface area contributed by atoms with Gasteiger partial charge in [-0.1, -0.05) is 34.1 Å². The molecule has 2 aromatic rings. The molecule has 0 amide bonds. The van der Waals surface area contributed by atoms with Gasteiger partial charge in [0.1, 0.15) is 24.2 Å². The van der Waals surface area contributed by atoms with Crippen molar-refractivity contribution in [3.8, 4) is 11.5 Å². The zero-order valence-corrected chi connectivity index (χ0v) is 15.7. The van der Waals surface area contributed by atoms with E-state index in [2.05, 4.69) is 20.8 Å². The van der Waals surface area contributed by atoms with Crippen LogP contribution >= 0.6 is 15.9 Å². The van der Waals surface area contributed by atoms with Crippen LogP contribution in [0.1, 0.15) is 12.5 Å². The quantitative estimate of drug-likeness (QED) is 0.704. The van der Waals surface area contributed by atoms with Gasteiger partial charge in [0, 0.05) is 17.6 Å². The second kappa shape index (κ2) is 9.67. The summed E-state index contributed by atoms with van der Waals surface area (Å²) < 4.78 is 12.0. The average molecular weight is 394 g/mol. The minimum absolute atomic E-state index is 0.268. The van der Waals surface area contributed by atoms with E-state index in [1.807, 2.05) is 62.5 Å². The number of aliphatic hydroxyl groups is 1. The third-order valence-electron chi connectivity index (χ3n) is 3.45. The fourth-order valence-corrected chi connectivity index (χ4v) is 2.77. The Hall–Kier alpha value is -1.56. The highest BCUT2D eigenvalue weighted by molar-refractivity contribution is 9.10. The van der Waals surface area contributed by atoms with E-state index in [0.717, 1.165) is 22.5 Å². The van der Waals surface area contributed by atoms with Gasteiger partial charge in [-0.2, -0.15) is 0 Å². The van der Waals surface area contributed by atoms with Crippen molar-refractivity contribution in [2.75, 3.05) is 26.8 Å². The molecule has 4 nitrogen and oxygen atoms in total. The molecule has 0 saturated heterocycles. The number of hydrogen-bond donors (Lipinski definition) is 1. The number of nitrogens with zero attached hydrogens (tertiary/aromatic N) is 1. The maximum Gasteiger partial charge on any atom is 0.120 e. The molecule has 2 rings (SSSR count). The van der Waals surface area contributed by atoms with Crippen LogP contribution in [0.2, 0.25) is 0 Å². The molecular formula is C19H24BrNO3. The summed E-state index contributed by atoms with van der Waals surface area (Å²) in [4.78, 5) is 2.07. The summed E-state index contributed by atoms with van der Waals surface area (Å²) in [6, 6.07) is 15.6. The first-order valence-electron chi connectivity index (χ1n) is 8.03. The van der Waals surface area contributed by atoms with E-state index in [4.69, 9.17) is 9.47 Å². The van der Waals surface area contributed by atoms with Crippen LogP contribution in [0.5, 0.6) is 11.5 Å². The fraction of sp³-hybridized carbons (Fsp3) is 0.368. The summed E-state index contributed by atoms with van der Waals surface area (Å²) in [5, 5.41) is 10.1. The maximum absolute atomic E-state index is 10.1. The van der Waals surface area contributed by atoms with Crippen LogP contribution in [0.3, 0.4) is 0 Å². The Bertz CT molecular complexity index is 618. The molecule has 0 fully saturated rings. The largest absolute Gasteiger partial charge is 0.494 e. The number of rotatable bonds is 9. The fourth-order valence-electron chi connectivity index (χ4n) is 2.40. The van der Waals surface area contributed by atoms with Crippen LogP contribution in [0.4, 0.5) is 0 Å². The molecule has 5 heteroatoms. The van der Waals surface area contributed by atoms with E-state index in [1.54, 1.807) is 0 Å². The van der Waals surface area contributed by atoms with Crippen LogP contribution in [-0.4, -0.2) is 42.9 Å². The first-order chi connectivity index (χ1) is 11.6. The molecule has 0 aliphatic carbocycles. The van der Waals surface area contributed by atoms with Gasteiger partial charge in [-0.05, 0) is 49.9 Å². The first-order valence-corrected chi connectivity index (χ1v) is 8.83. The number of benzene rings is 2. The van der Waals surface area contributed by atoms with Crippen LogP contribution in [0.25, 0.3) is 0 Å². The van der Waals surface area contributed by atoms with E-state index in [-0.39, 0.29) is 6.61 Å². The van der Waals surface area contributed by atoms with Crippen molar-refractivity contribution in [2.45, 2.75) is 19.6 Å². The minimum atomic E-state index is -0.545. The summed E-state index contributed by atoms with van der Waals surface area (Å²) >= 11 is 3.40. The zero-order chi connectivity index (χ0) is 17.4. The molecule has 24 heavy (non-hydrogen) atoms. The van der Waals surface area contributed by atoms with Crippen molar-refractivity contribution < 1.29 is 14.6 Å². The van der Waals surface area contributed by atoms with Crippen molar-refractivity contribution in [1.29, 1.82) is 0 Å². The van der Waals surface area contributed by atoms with E-state index in [1.165, 1.54) is 5.56 Å². The summed E-state index contributed by atoms with van der Waals surface area (Å²) in [5.41, 5.74) is 1.18. The second-order valence-electron chi connectivity index (χ2n) is 5.70. The van der Waals surface area contributed by atoms with Gasteiger partial charge in [-0.15, -0.1) is 0 Å². The Labute approximate surface area is 152 Å². The number of ether oxygens (including phenoxy) is 2. The number of hydrogen-bond acceptors (Lipinski definition) is 4. The molecule has 0 aliphatic rings. The van der Waals surface area contributed by atoms with E-state index >= 15 is 0 Å². The molecule has 0 bridgehead atoms. The molecule has 0 aliphatic heterocycles. The molecular weight excluding hydrogens is 370 g/mol. The molecule has 0 spiro atoms. The van der Waals surface area contributed by atoms with E-state index in [0.29, 0.717) is 13.2 Å². The van der Waals surface area contributed by atoms with Crippen molar-refractivity contribution in [2.24, 2.45) is 0 Å². The predicted molar refractivity (Wildman–Crippen MR) is 99.6 cm³/mol. The Kier molecular flexibility index (Phi) is 7.56. The van der Waals surface area contributed by atoms with E-state index in [9.17, 15) is 5.11 Å². The van der Waals surface area contributed by atoms with Crippen molar-refractivity contribution in [1.82, 2.24) is 4.90 Å². The number of halogens is 1. The van der Waals surface area contributed by atoms with Gasteiger partial charge in [0.25, 0.3) is 0 Å². The third kappa shape index (κ3) is 6.51. The lowest BCUT2D eigenvalue weighted by Crippen LogP contribution is -2.32. The third-order valence-corrected chi connectivity index (χ3v) is 3.94. The SMILES string of the molecule is CCOc1ccc(CN(C)CC(O)COc2cccc(Br)c2)cc1. The lowest BCUT2D eigenvalue weighted by atomic mass is 10.2. The summed E-state index contributed by atoms with van der Waals surface area (Å²) in [5.74, 6) is 1.63. The normalized spacial score (nSPS) is 12.2. The van der Waals surface area contributed by atoms with Gasteiger partial charge in [-0.3, -0.25) is 4.90 Å². The lowest BCUT2D eigenvalue weighted by molar-refractivity contribution is 0.0743. The van der Waals surface area contributed by atoms with Gasteiger partial charge < -0.3 is 14.6 Å². The molecule has 1 N–H and O–H groups in total. The number of likely N-dealkylation sites (N-methyl/N-ethyl adjacent to an activating group) is 1. The summed E-state index contributed by atoms with van der Waals surface area (Å²) in [7, 11) is 1.98. The molecule has 130 valence electrons. The monoisotopic (exact) mass is 393 g/mol. The summed E-state index contributed by atoms with van der Waals surface area (Å²) in [6.07, 6.45) is -0.545. The Morgan fingerprint density at radius 3 is 2.50 bits per heavy atom. The highest BCUT2D eigenvalue weighted by Crippen LogP contribution is 2.18. The number of aliphatic hydroxyl groups excluding tert-OH is 1. The Balaban J connectivity index is 1.75. The zero-order valence-electron chi connectivity index (χ0n) is 14.1.